The van der Waals surface area contributed by atoms with Gasteiger partial charge in [-0.3, -0.25) is 4.99 Å². The van der Waals surface area contributed by atoms with Crippen LogP contribution in [0.15, 0.2) is 29.3 Å². The molecule has 0 saturated carbocycles. The van der Waals surface area contributed by atoms with Crippen molar-refractivity contribution < 1.29 is 18.3 Å². The predicted molar refractivity (Wildman–Crippen MR) is 69.0 cm³/mol. The molecule has 0 unspecified atom stereocenters. The van der Waals surface area contributed by atoms with E-state index in [1.165, 1.54) is 0 Å². The molecule has 0 aliphatic carbocycles. The maximum Gasteiger partial charge on any atom is 0.155 e. The predicted octanol–water partition coefficient (Wildman–Crippen LogP) is 0.272. The number of methoxy groups -OCH3 is 1. The third kappa shape index (κ3) is 3.08. The first-order valence-electron chi connectivity index (χ1n) is 5.56. The van der Waals surface area contributed by atoms with Gasteiger partial charge in [0.25, 0.3) is 0 Å². The highest BCUT2D eigenvalue weighted by Crippen LogP contribution is 2.16. The number of hydrogen-bond donors (Lipinski definition) is 1. The maximum atomic E-state index is 11.3. The first kappa shape index (κ1) is 13.0. The van der Waals surface area contributed by atoms with E-state index >= 15 is 0 Å². The van der Waals surface area contributed by atoms with Gasteiger partial charge in [-0.2, -0.15) is 0 Å². The minimum atomic E-state index is -3.14. The Kier molecular flexibility index (Phi) is 3.68. The normalized spacial score (nSPS) is 26.6. The molecule has 1 heterocycles. The zero-order valence-corrected chi connectivity index (χ0v) is 10.8. The summed E-state index contributed by atoms with van der Waals surface area (Å²) < 4.78 is 27.6. The van der Waals surface area contributed by atoms with Gasteiger partial charge in [-0.25, -0.2) is 8.42 Å². The summed E-state index contributed by atoms with van der Waals surface area (Å²) in [4.78, 5) is 4.13. The third-order valence-electron chi connectivity index (χ3n) is 2.82. The van der Waals surface area contributed by atoms with Gasteiger partial charge in [-0.15, -0.1) is 0 Å². The number of sulfone groups is 1. The van der Waals surface area contributed by atoms with E-state index in [1.807, 2.05) is 12.1 Å². The molecule has 2 atom stereocenters. The number of hydrogen-bond acceptors (Lipinski definition) is 5. The number of aliphatic imine (C=N–C) groups is 1. The molecule has 6 heteroatoms. The number of nitrogens with zero attached hydrogens (tertiary/aromatic N) is 1. The van der Waals surface area contributed by atoms with E-state index in [-0.39, 0.29) is 11.5 Å². The molecule has 1 N–H and O–H groups in total. The van der Waals surface area contributed by atoms with Gasteiger partial charge in [0.15, 0.2) is 9.84 Å². The molecule has 2 rings (SSSR count). The Morgan fingerprint density at radius 1 is 1.33 bits per heavy atom. The van der Waals surface area contributed by atoms with Crippen molar-refractivity contribution in [3.63, 3.8) is 0 Å². The standard InChI is InChI=1S/C12H15NO4S/c1-17-10-4-2-9(3-5-10)6-13-11-7-18(15,16)8-12(11)14/h2-6,11-12,14H,7-8H2,1H3/t11-,12+/m0/s1. The molecule has 0 amide bonds. The van der Waals surface area contributed by atoms with Gasteiger partial charge in [-0.1, -0.05) is 0 Å². The largest absolute Gasteiger partial charge is 0.497 e. The summed E-state index contributed by atoms with van der Waals surface area (Å²) in [7, 11) is -1.56. The van der Waals surface area contributed by atoms with E-state index in [0.717, 1.165) is 11.3 Å². The van der Waals surface area contributed by atoms with E-state index in [2.05, 4.69) is 4.99 Å². The van der Waals surface area contributed by atoms with Crippen molar-refractivity contribution in [2.45, 2.75) is 12.1 Å². The third-order valence-corrected chi connectivity index (χ3v) is 4.52. The molecule has 1 saturated heterocycles. The van der Waals surface area contributed by atoms with Gasteiger partial charge in [0.1, 0.15) is 5.75 Å². The minimum Gasteiger partial charge on any atom is -0.497 e. The average Bonchev–Trinajstić information content (AvgIpc) is 2.60. The van der Waals surface area contributed by atoms with Gasteiger partial charge in [0.05, 0.1) is 30.8 Å². The molecular formula is C12H15NO4S. The molecule has 1 fully saturated rings. The number of aliphatic hydroxyl groups is 1. The molecule has 0 spiro atoms. The lowest BCUT2D eigenvalue weighted by Crippen LogP contribution is -2.21. The van der Waals surface area contributed by atoms with Gasteiger partial charge in [0, 0.05) is 6.21 Å². The molecule has 0 aromatic heterocycles. The Labute approximate surface area is 106 Å². The van der Waals surface area contributed by atoms with Gasteiger partial charge in [0.2, 0.25) is 0 Å². The van der Waals surface area contributed by atoms with Crippen LogP contribution < -0.4 is 4.74 Å². The Bertz CT molecular complexity index is 536. The summed E-state index contributed by atoms with van der Waals surface area (Å²) in [6.07, 6.45) is 0.679. The highest BCUT2D eigenvalue weighted by molar-refractivity contribution is 7.91. The quantitative estimate of drug-likeness (QED) is 0.799. The van der Waals surface area contributed by atoms with Crippen LogP contribution in [-0.4, -0.2) is 50.5 Å². The number of ether oxygens (including phenoxy) is 1. The van der Waals surface area contributed by atoms with E-state index in [4.69, 9.17) is 4.74 Å². The number of aliphatic hydroxyl groups excluding tert-OH is 1. The smallest absolute Gasteiger partial charge is 0.155 e. The van der Waals surface area contributed by atoms with Crippen LogP contribution in [0.4, 0.5) is 0 Å². The topological polar surface area (TPSA) is 76.0 Å². The minimum absolute atomic E-state index is 0.0825. The lowest BCUT2D eigenvalue weighted by Gasteiger charge is -2.06. The van der Waals surface area contributed by atoms with Crippen LogP contribution in [0, 0.1) is 0 Å². The maximum absolute atomic E-state index is 11.3. The average molecular weight is 269 g/mol. The van der Waals surface area contributed by atoms with E-state index in [1.54, 1.807) is 25.5 Å². The van der Waals surface area contributed by atoms with E-state index < -0.39 is 22.0 Å². The summed E-state index contributed by atoms with van der Waals surface area (Å²) in [5.74, 6) is 0.467. The van der Waals surface area contributed by atoms with Crippen LogP contribution in [0.3, 0.4) is 0 Å². The Balaban J connectivity index is 2.06. The summed E-state index contributed by atoms with van der Waals surface area (Å²) >= 11 is 0. The Morgan fingerprint density at radius 3 is 2.50 bits per heavy atom. The van der Waals surface area contributed by atoms with Crippen LogP contribution in [0.2, 0.25) is 0 Å². The summed E-state index contributed by atoms with van der Waals surface area (Å²) in [5.41, 5.74) is 0.840. The van der Waals surface area contributed by atoms with Crippen molar-refractivity contribution in [3.05, 3.63) is 29.8 Å². The van der Waals surface area contributed by atoms with Crippen molar-refractivity contribution in [2.75, 3.05) is 18.6 Å². The SMILES string of the molecule is COc1ccc(C=N[C@H]2CS(=O)(=O)C[C@H]2O)cc1. The lowest BCUT2D eigenvalue weighted by molar-refractivity contribution is 0.184. The van der Waals surface area contributed by atoms with Gasteiger partial charge in [-0.05, 0) is 29.8 Å². The van der Waals surface area contributed by atoms with E-state index in [0.29, 0.717) is 0 Å². The fourth-order valence-corrected chi connectivity index (χ4v) is 3.53. The van der Waals surface area contributed by atoms with E-state index in [9.17, 15) is 13.5 Å². The molecule has 1 aromatic rings. The van der Waals surface area contributed by atoms with Crippen molar-refractivity contribution in [1.29, 1.82) is 0 Å². The molecular weight excluding hydrogens is 254 g/mol. The highest BCUT2D eigenvalue weighted by atomic mass is 32.2. The number of benzene rings is 1. The Hall–Kier alpha value is -1.40. The highest BCUT2D eigenvalue weighted by Gasteiger charge is 2.35. The van der Waals surface area contributed by atoms with Crippen molar-refractivity contribution in [2.24, 2.45) is 4.99 Å². The van der Waals surface area contributed by atoms with Crippen LogP contribution in [0.1, 0.15) is 5.56 Å². The molecule has 1 aliphatic heterocycles. The van der Waals surface area contributed by atoms with Gasteiger partial charge >= 0.3 is 0 Å². The number of rotatable bonds is 3. The van der Waals surface area contributed by atoms with Crippen LogP contribution in [0.5, 0.6) is 5.75 Å². The summed E-state index contributed by atoms with van der Waals surface area (Å²) in [6, 6.07) is 6.67. The van der Waals surface area contributed by atoms with Gasteiger partial charge < -0.3 is 9.84 Å². The fourth-order valence-electron chi connectivity index (χ4n) is 1.82. The second-order valence-electron chi connectivity index (χ2n) is 4.26. The van der Waals surface area contributed by atoms with Crippen molar-refractivity contribution in [3.8, 4) is 5.75 Å². The molecule has 0 radical (unpaired) electrons. The molecule has 18 heavy (non-hydrogen) atoms. The molecule has 0 bridgehead atoms. The van der Waals surface area contributed by atoms with Crippen LogP contribution in [0.25, 0.3) is 0 Å². The van der Waals surface area contributed by atoms with Crippen LogP contribution in [-0.2, 0) is 9.84 Å². The molecule has 98 valence electrons. The zero-order chi connectivity index (χ0) is 13.2. The zero-order valence-electron chi connectivity index (χ0n) is 9.98. The molecule has 1 aromatic carbocycles. The van der Waals surface area contributed by atoms with Crippen LogP contribution >= 0.6 is 0 Å². The second kappa shape index (κ2) is 5.07. The Morgan fingerprint density at radius 2 is 2.00 bits per heavy atom. The first-order valence-corrected chi connectivity index (χ1v) is 7.38. The second-order valence-corrected chi connectivity index (χ2v) is 6.42. The first-order chi connectivity index (χ1) is 8.50. The van der Waals surface area contributed by atoms with Crippen molar-refractivity contribution in [1.82, 2.24) is 0 Å². The fraction of sp³-hybridized carbons (Fsp3) is 0.417. The summed E-state index contributed by atoms with van der Waals surface area (Å²) in [6.45, 7) is 0. The van der Waals surface area contributed by atoms with Crippen molar-refractivity contribution >= 4 is 16.1 Å². The summed E-state index contributed by atoms with van der Waals surface area (Å²) in [5, 5.41) is 9.57. The monoisotopic (exact) mass is 269 g/mol. The molecule has 1 aliphatic rings. The molecule has 5 nitrogen and oxygen atoms in total. The lowest BCUT2D eigenvalue weighted by atomic mass is 10.2.